The lowest BCUT2D eigenvalue weighted by Crippen LogP contribution is -2.43. The minimum atomic E-state index is -3.26. The zero-order valence-electron chi connectivity index (χ0n) is 17.7. The van der Waals surface area contributed by atoms with E-state index in [1.54, 1.807) is 27.9 Å². The maximum atomic E-state index is 13.6. The summed E-state index contributed by atoms with van der Waals surface area (Å²) in [4.78, 5) is 15.4. The third-order valence-electron chi connectivity index (χ3n) is 5.52. The van der Waals surface area contributed by atoms with Crippen molar-refractivity contribution < 1.29 is 13.2 Å². The van der Waals surface area contributed by atoms with E-state index in [1.807, 2.05) is 42.5 Å². The number of carbonyl (C=O) groups excluding carboxylic acids is 1. The van der Waals surface area contributed by atoms with E-state index < -0.39 is 10.0 Å². The Kier molecular flexibility index (Phi) is 6.64. The molecule has 1 N–H and O–H groups in total. The van der Waals surface area contributed by atoms with Gasteiger partial charge in [0.2, 0.25) is 10.0 Å². The molecule has 1 aromatic heterocycles. The van der Waals surface area contributed by atoms with Crippen LogP contribution in [0.3, 0.4) is 0 Å². The molecule has 0 bridgehead atoms. The van der Waals surface area contributed by atoms with Gasteiger partial charge in [0.1, 0.15) is 5.69 Å². The first-order valence-electron chi connectivity index (χ1n) is 10.4. The number of sulfonamides is 1. The van der Waals surface area contributed by atoms with Crippen molar-refractivity contribution in [1.29, 1.82) is 0 Å². The highest BCUT2D eigenvalue weighted by Crippen LogP contribution is 2.28. The molecule has 1 aliphatic heterocycles. The van der Waals surface area contributed by atoms with E-state index in [9.17, 15) is 13.2 Å². The van der Waals surface area contributed by atoms with Crippen LogP contribution in [0.1, 0.15) is 23.2 Å². The Balaban J connectivity index is 1.64. The van der Waals surface area contributed by atoms with Crippen LogP contribution in [0.15, 0.2) is 60.8 Å². The lowest BCUT2D eigenvalue weighted by Gasteiger charge is -2.32. The maximum Gasteiger partial charge on any atom is 0.257 e. The van der Waals surface area contributed by atoms with Gasteiger partial charge in [-0.25, -0.2) is 17.8 Å². The smallest absolute Gasteiger partial charge is 0.257 e. The van der Waals surface area contributed by atoms with Crippen LogP contribution in [0.5, 0.6) is 0 Å². The molecule has 0 saturated carbocycles. The van der Waals surface area contributed by atoms with Crippen molar-refractivity contribution in [2.24, 2.45) is 5.92 Å². The quantitative estimate of drug-likeness (QED) is 0.594. The molecule has 2 aromatic carbocycles. The molecule has 1 amide bonds. The average molecular weight is 473 g/mol. The fraction of sp³-hybridized carbons (Fsp3) is 0.304. The van der Waals surface area contributed by atoms with Crippen LogP contribution in [0.2, 0.25) is 5.02 Å². The van der Waals surface area contributed by atoms with Gasteiger partial charge in [-0.05, 0) is 43.0 Å². The molecule has 1 saturated heterocycles. The minimum absolute atomic E-state index is 0.0746. The number of amides is 1. The van der Waals surface area contributed by atoms with E-state index in [0.717, 1.165) is 30.3 Å². The van der Waals surface area contributed by atoms with Gasteiger partial charge in [-0.2, -0.15) is 5.10 Å². The topological polar surface area (TPSA) is 84.3 Å². The largest absolute Gasteiger partial charge is 0.338 e. The number of hydrogen-bond acceptors (Lipinski definition) is 4. The van der Waals surface area contributed by atoms with Crippen LogP contribution in [0.25, 0.3) is 16.9 Å². The lowest BCUT2D eigenvalue weighted by molar-refractivity contribution is 0.0677. The summed E-state index contributed by atoms with van der Waals surface area (Å²) < 4.78 is 27.2. The molecule has 1 atom stereocenters. The standard InChI is InChI=1S/C23H25ClN4O3S/c1-32(30,31)25-14-17-6-5-13-27(15-17)23(29)21-16-28(20-7-3-2-4-8-20)26-22(21)18-9-11-19(24)12-10-18/h2-4,7-12,16-17,25H,5-6,13-15H2,1H3. The zero-order chi connectivity index (χ0) is 22.7. The van der Waals surface area contributed by atoms with E-state index in [-0.39, 0.29) is 11.8 Å². The summed E-state index contributed by atoms with van der Waals surface area (Å²) in [6.45, 7) is 1.46. The number of aromatic nitrogens is 2. The van der Waals surface area contributed by atoms with E-state index in [2.05, 4.69) is 4.72 Å². The van der Waals surface area contributed by atoms with Gasteiger partial charge in [0.25, 0.3) is 5.91 Å². The molecule has 0 spiro atoms. The van der Waals surface area contributed by atoms with Crippen molar-refractivity contribution in [1.82, 2.24) is 19.4 Å². The number of benzene rings is 2. The van der Waals surface area contributed by atoms with Gasteiger partial charge < -0.3 is 4.90 Å². The second-order valence-corrected chi connectivity index (χ2v) is 10.3. The average Bonchev–Trinajstić information content (AvgIpc) is 3.23. The predicted molar refractivity (Wildman–Crippen MR) is 125 cm³/mol. The summed E-state index contributed by atoms with van der Waals surface area (Å²) in [6.07, 6.45) is 4.61. The van der Waals surface area contributed by atoms with Crippen molar-refractivity contribution in [3.05, 3.63) is 71.4 Å². The molecule has 1 aliphatic rings. The molecule has 9 heteroatoms. The number of piperidine rings is 1. The SMILES string of the molecule is CS(=O)(=O)NCC1CCCN(C(=O)c2cn(-c3ccccc3)nc2-c2ccc(Cl)cc2)C1. The van der Waals surface area contributed by atoms with Gasteiger partial charge in [-0.15, -0.1) is 0 Å². The second kappa shape index (κ2) is 9.44. The van der Waals surface area contributed by atoms with Crippen LogP contribution in [0.4, 0.5) is 0 Å². The van der Waals surface area contributed by atoms with Gasteiger partial charge >= 0.3 is 0 Å². The second-order valence-electron chi connectivity index (χ2n) is 8.06. The van der Waals surface area contributed by atoms with Gasteiger partial charge in [-0.1, -0.05) is 41.9 Å². The zero-order valence-corrected chi connectivity index (χ0v) is 19.3. The lowest BCUT2D eigenvalue weighted by atomic mass is 9.97. The molecule has 0 radical (unpaired) electrons. The Labute approximate surface area is 193 Å². The van der Waals surface area contributed by atoms with Crippen LogP contribution >= 0.6 is 11.6 Å². The number of para-hydroxylation sites is 1. The van der Waals surface area contributed by atoms with Gasteiger partial charge in [0, 0.05) is 36.4 Å². The number of rotatable bonds is 6. The molecule has 0 aliphatic carbocycles. The predicted octanol–water partition coefficient (Wildman–Crippen LogP) is 3.59. The number of halogens is 1. The Morgan fingerprint density at radius 2 is 1.88 bits per heavy atom. The van der Waals surface area contributed by atoms with Gasteiger partial charge in [0.15, 0.2) is 0 Å². The maximum absolute atomic E-state index is 13.6. The molecule has 168 valence electrons. The normalized spacial score (nSPS) is 16.8. The first-order chi connectivity index (χ1) is 15.3. The highest BCUT2D eigenvalue weighted by Gasteiger charge is 2.28. The molecular weight excluding hydrogens is 448 g/mol. The van der Waals surface area contributed by atoms with Crippen LogP contribution in [-0.2, 0) is 10.0 Å². The van der Waals surface area contributed by atoms with E-state index in [0.29, 0.717) is 35.9 Å². The van der Waals surface area contributed by atoms with E-state index >= 15 is 0 Å². The van der Waals surface area contributed by atoms with Crippen molar-refractivity contribution in [2.45, 2.75) is 12.8 Å². The summed E-state index contributed by atoms with van der Waals surface area (Å²) in [5.41, 5.74) is 2.76. The summed E-state index contributed by atoms with van der Waals surface area (Å²) >= 11 is 6.05. The van der Waals surface area contributed by atoms with Crippen molar-refractivity contribution in [2.75, 3.05) is 25.9 Å². The van der Waals surface area contributed by atoms with Gasteiger partial charge in [-0.3, -0.25) is 4.79 Å². The van der Waals surface area contributed by atoms with Crippen molar-refractivity contribution in [3.63, 3.8) is 0 Å². The van der Waals surface area contributed by atoms with Crippen LogP contribution in [-0.4, -0.2) is 54.9 Å². The Hall–Kier alpha value is -2.68. The van der Waals surface area contributed by atoms with Crippen LogP contribution in [0, 0.1) is 5.92 Å². The van der Waals surface area contributed by atoms with Crippen molar-refractivity contribution >= 4 is 27.5 Å². The molecule has 1 fully saturated rings. The molecule has 3 aromatic rings. The minimum Gasteiger partial charge on any atom is -0.338 e. The third-order valence-corrected chi connectivity index (χ3v) is 6.47. The first-order valence-corrected chi connectivity index (χ1v) is 12.7. The van der Waals surface area contributed by atoms with Gasteiger partial charge in [0.05, 0.1) is 17.5 Å². The molecule has 1 unspecified atom stereocenters. The third kappa shape index (κ3) is 5.38. The van der Waals surface area contributed by atoms with Crippen LogP contribution < -0.4 is 4.72 Å². The summed E-state index contributed by atoms with van der Waals surface area (Å²) in [5.74, 6) is -0.0354. The monoisotopic (exact) mass is 472 g/mol. The number of hydrogen-bond donors (Lipinski definition) is 1. The van der Waals surface area contributed by atoms with E-state index in [1.165, 1.54) is 0 Å². The summed E-state index contributed by atoms with van der Waals surface area (Å²) in [6, 6.07) is 16.9. The highest BCUT2D eigenvalue weighted by atomic mass is 35.5. The fourth-order valence-electron chi connectivity index (χ4n) is 3.92. The Morgan fingerprint density at radius 3 is 2.56 bits per heavy atom. The summed E-state index contributed by atoms with van der Waals surface area (Å²) in [7, 11) is -3.26. The van der Waals surface area contributed by atoms with E-state index in [4.69, 9.17) is 16.7 Å². The first kappa shape index (κ1) is 22.5. The fourth-order valence-corrected chi connectivity index (χ4v) is 4.58. The molecule has 7 nitrogen and oxygen atoms in total. The molecule has 4 rings (SSSR count). The highest BCUT2D eigenvalue weighted by molar-refractivity contribution is 7.88. The Morgan fingerprint density at radius 1 is 1.16 bits per heavy atom. The molecule has 32 heavy (non-hydrogen) atoms. The number of likely N-dealkylation sites (tertiary alicyclic amines) is 1. The number of nitrogens with zero attached hydrogens (tertiary/aromatic N) is 3. The number of carbonyl (C=O) groups is 1. The summed E-state index contributed by atoms with van der Waals surface area (Å²) in [5, 5.41) is 5.33. The molecular formula is C23H25ClN4O3S. The molecule has 2 heterocycles. The van der Waals surface area contributed by atoms with Crippen molar-refractivity contribution in [3.8, 4) is 16.9 Å². The number of nitrogens with one attached hydrogen (secondary N) is 1. The Bertz CT molecular complexity index is 1190.